The Bertz CT molecular complexity index is 773. The minimum atomic E-state index is -0.820. The normalized spacial score (nSPS) is 15.7. The van der Waals surface area contributed by atoms with Gasteiger partial charge in [-0.15, -0.1) is 0 Å². The lowest BCUT2D eigenvalue weighted by atomic mass is 9.95. The highest BCUT2D eigenvalue weighted by Gasteiger charge is 2.33. The molecule has 0 saturated heterocycles. The molecule has 2 aromatic carbocycles. The maximum absolute atomic E-state index is 12.5. The van der Waals surface area contributed by atoms with Gasteiger partial charge in [0, 0.05) is 18.9 Å². The number of nitrogens with zero attached hydrogens (tertiary/aromatic N) is 1. The molecule has 2 aromatic rings. The van der Waals surface area contributed by atoms with Crippen molar-refractivity contribution in [3.63, 3.8) is 0 Å². The van der Waals surface area contributed by atoms with E-state index in [2.05, 4.69) is 0 Å². The van der Waals surface area contributed by atoms with Gasteiger partial charge in [0.15, 0.2) is 0 Å². The predicted octanol–water partition coefficient (Wildman–Crippen LogP) is 4.10. The second-order valence-electron chi connectivity index (χ2n) is 6.34. The van der Waals surface area contributed by atoms with Crippen LogP contribution in [0.4, 0.5) is 10.5 Å². The number of ether oxygens (including phenoxy) is 1. The Kier molecular flexibility index (Phi) is 5.03. The fraction of sp³-hybridized carbons (Fsp3) is 0.300. The van der Waals surface area contributed by atoms with E-state index >= 15 is 0 Å². The molecule has 1 amide bonds. The van der Waals surface area contributed by atoms with E-state index < -0.39 is 12.1 Å². The van der Waals surface area contributed by atoms with Gasteiger partial charge in [-0.2, -0.15) is 0 Å². The number of anilines is 1. The van der Waals surface area contributed by atoms with Crippen LogP contribution >= 0.6 is 0 Å². The molecule has 1 N–H and O–H groups in total. The van der Waals surface area contributed by atoms with Gasteiger partial charge >= 0.3 is 12.1 Å². The number of rotatable bonds is 5. The molecule has 5 nitrogen and oxygen atoms in total. The summed E-state index contributed by atoms with van der Waals surface area (Å²) in [5.74, 6) is -0.797. The van der Waals surface area contributed by atoms with E-state index in [4.69, 9.17) is 9.84 Å². The van der Waals surface area contributed by atoms with Gasteiger partial charge in [0.05, 0.1) is 5.69 Å². The third-order valence-electron chi connectivity index (χ3n) is 4.45. The minimum absolute atomic E-state index is 0.0234. The molecular weight excluding hydrogens is 318 g/mol. The van der Waals surface area contributed by atoms with E-state index in [1.807, 2.05) is 55.5 Å². The molecule has 1 heterocycles. The van der Waals surface area contributed by atoms with Crippen LogP contribution in [-0.4, -0.2) is 23.7 Å². The van der Waals surface area contributed by atoms with E-state index in [-0.39, 0.29) is 18.9 Å². The molecule has 130 valence electrons. The maximum atomic E-state index is 12.5. The topological polar surface area (TPSA) is 66.8 Å². The zero-order chi connectivity index (χ0) is 17.8. The number of fused-ring (bicyclic) bond motifs is 1. The summed E-state index contributed by atoms with van der Waals surface area (Å²) in [7, 11) is 0. The lowest BCUT2D eigenvalue weighted by Crippen LogP contribution is -2.30. The molecule has 0 saturated carbocycles. The van der Waals surface area contributed by atoms with Crippen molar-refractivity contribution in [3.05, 3.63) is 65.2 Å². The molecule has 0 aliphatic carbocycles. The molecule has 5 heteroatoms. The van der Waals surface area contributed by atoms with Crippen molar-refractivity contribution in [3.8, 4) is 0 Å². The zero-order valence-corrected chi connectivity index (χ0v) is 14.1. The molecule has 0 bridgehead atoms. The summed E-state index contributed by atoms with van der Waals surface area (Å²) in [5, 5.41) is 8.96. The number of amides is 1. The summed E-state index contributed by atoms with van der Waals surface area (Å²) in [5.41, 5.74) is 3.87. The van der Waals surface area contributed by atoms with Crippen molar-refractivity contribution in [2.24, 2.45) is 0 Å². The number of carboxylic acids is 1. The summed E-state index contributed by atoms with van der Waals surface area (Å²) in [6.07, 6.45) is 0.200. The number of benzene rings is 2. The van der Waals surface area contributed by atoms with E-state index in [1.165, 1.54) is 0 Å². The highest BCUT2D eigenvalue weighted by Crippen LogP contribution is 2.39. The number of carbonyl (C=O) groups is 2. The van der Waals surface area contributed by atoms with Crippen LogP contribution in [0.5, 0.6) is 0 Å². The van der Waals surface area contributed by atoms with Crippen molar-refractivity contribution in [2.45, 2.75) is 32.3 Å². The lowest BCUT2D eigenvalue weighted by molar-refractivity contribution is -0.137. The molecule has 0 radical (unpaired) electrons. The SMILES string of the molecule is Cc1ccc2c(c1)C(CCC(=O)O)CN2C(=O)OCc1ccccc1. The van der Waals surface area contributed by atoms with Crippen LogP contribution in [0.15, 0.2) is 48.5 Å². The number of carbonyl (C=O) groups excluding carboxylic acids is 1. The van der Waals surface area contributed by atoms with E-state index in [9.17, 15) is 9.59 Å². The number of hydrogen-bond donors (Lipinski definition) is 1. The monoisotopic (exact) mass is 339 g/mol. The summed E-state index contributed by atoms with van der Waals surface area (Å²) < 4.78 is 5.44. The first kappa shape index (κ1) is 17.0. The van der Waals surface area contributed by atoms with Gasteiger partial charge in [0.2, 0.25) is 0 Å². The molecule has 0 aromatic heterocycles. The Hall–Kier alpha value is -2.82. The first-order chi connectivity index (χ1) is 12.0. The van der Waals surface area contributed by atoms with Crippen LogP contribution in [0.25, 0.3) is 0 Å². The number of aliphatic carboxylic acids is 1. The Morgan fingerprint density at radius 2 is 1.96 bits per heavy atom. The highest BCUT2D eigenvalue weighted by atomic mass is 16.6. The van der Waals surface area contributed by atoms with E-state index in [0.717, 1.165) is 22.4 Å². The first-order valence-corrected chi connectivity index (χ1v) is 8.35. The van der Waals surface area contributed by atoms with Crippen LogP contribution < -0.4 is 4.90 Å². The van der Waals surface area contributed by atoms with Gasteiger partial charge in [-0.25, -0.2) is 4.79 Å². The average Bonchev–Trinajstić information content (AvgIpc) is 2.96. The Balaban J connectivity index is 1.73. The molecule has 25 heavy (non-hydrogen) atoms. The zero-order valence-electron chi connectivity index (χ0n) is 14.1. The van der Waals surface area contributed by atoms with Crippen LogP contribution in [0, 0.1) is 6.92 Å². The van der Waals surface area contributed by atoms with Crippen molar-refractivity contribution in [1.82, 2.24) is 0 Å². The quantitative estimate of drug-likeness (QED) is 0.890. The van der Waals surface area contributed by atoms with Crippen molar-refractivity contribution >= 4 is 17.7 Å². The van der Waals surface area contributed by atoms with Crippen LogP contribution in [0.2, 0.25) is 0 Å². The Labute approximate surface area is 146 Å². The van der Waals surface area contributed by atoms with E-state index in [1.54, 1.807) is 4.90 Å². The molecule has 0 fully saturated rings. The lowest BCUT2D eigenvalue weighted by Gasteiger charge is -2.17. The smallest absolute Gasteiger partial charge is 0.414 e. The predicted molar refractivity (Wildman–Crippen MR) is 94.8 cm³/mol. The van der Waals surface area contributed by atoms with Crippen LogP contribution in [0.1, 0.15) is 35.4 Å². The summed E-state index contributed by atoms with van der Waals surface area (Å²) in [4.78, 5) is 25.1. The third kappa shape index (κ3) is 3.99. The van der Waals surface area contributed by atoms with Gasteiger partial charge in [-0.1, -0.05) is 48.0 Å². The second-order valence-corrected chi connectivity index (χ2v) is 6.34. The van der Waals surface area contributed by atoms with E-state index in [0.29, 0.717) is 13.0 Å². The standard InChI is InChI=1S/C20H21NO4/c1-14-7-9-18-17(11-14)16(8-10-19(22)23)12-21(18)20(24)25-13-15-5-3-2-4-6-15/h2-7,9,11,16H,8,10,12-13H2,1H3,(H,22,23). The fourth-order valence-corrected chi connectivity index (χ4v) is 3.18. The number of aryl methyl sites for hydroxylation is 1. The fourth-order valence-electron chi connectivity index (χ4n) is 3.18. The third-order valence-corrected chi connectivity index (χ3v) is 4.45. The van der Waals surface area contributed by atoms with Gasteiger partial charge in [-0.3, -0.25) is 9.69 Å². The Morgan fingerprint density at radius 3 is 2.68 bits per heavy atom. The molecule has 1 aliphatic heterocycles. The first-order valence-electron chi connectivity index (χ1n) is 8.35. The van der Waals surface area contributed by atoms with Crippen molar-refractivity contribution < 1.29 is 19.4 Å². The minimum Gasteiger partial charge on any atom is -0.481 e. The van der Waals surface area contributed by atoms with Gasteiger partial charge in [0.25, 0.3) is 0 Å². The highest BCUT2D eigenvalue weighted by molar-refractivity contribution is 5.91. The van der Waals surface area contributed by atoms with Crippen molar-refractivity contribution in [1.29, 1.82) is 0 Å². The van der Waals surface area contributed by atoms with Gasteiger partial charge in [0.1, 0.15) is 6.61 Å². The summed E-state index contributed by atoms with van der Waals surface area (Å²) in [6, 6.07) is 15.4. The van der Waals surface area contributed by atoms with Crippen molar-refractivity contribution in [2.75, 3.05) is 11.4 Å². The largest absolute Gasteiger partial charge is 0.481 e. The maximum Gasteiger partial charge on any atom is 0.414 e. The van der Waals surface area contributed by atoms with Gasteiger partial charge in [-0.05, 0) is 30.5 Å². The number of carboxylic acid groups (broad SMARTS) is 1. The molecule has 1 atom stereocenters. The molecular formula is C20H21NO4. The van der Waals surface area contributed by atoms with Gasteiger partial charge < -0.3 is 9.84 Å². The summed E-state index contributed by atoms with van der Waals surface area (Å²) >= 11 is 0. The Morgan fingerprint density at radius 1 is 1.20 bits per heavy atom. The average molecular weight is 339 g/mol. The molecule has 1 unspecified atom stereocenters. The second kappa shape index (κ2) is 7.38. The molecule has 1 aliphatic rings. The van der Waals surface area contributed by atoms with Crippen LogP contribution in [-0.2, 0) is 16.1 Å². The molecule has 3 rings (SSSR count). The summed E-state index contributed by atoms with van der Waals surface area (Å²) in [6.45, 7) is 2.67. The van der Waals surface area contributed by atoms with Crippen LogP contribution in [0.3, 0.4) is 0 Å². The number of hydrogen-bond acceptors (Lipinski definition) is 3. The molecule has 0 spiro atoms.